The summed E-state index contributed by atoms with van der Waals surface area (Å²) in [6, 6.07) is 0. The predicted molar refractivity (Wildman–Crippen MR) is 79.6 cm³/mol. The minimum atomic E-state index is -0.990. The molecule has 0 saturated heterocycles. The molecule has 0 aromatic carbocycles. The first-order valence-electron chi connectivity index (χ1n) is 7.15. The first kappa shape index (κ1) is 21.2. The Labute approximate surface area is 139 Å². The monoisotopic (exact) mass is 281 g/mol. The summed E-state index contributed by atoms with van der Waals surface area (Å²) < 4.78 is 0. The van der Waals surface area contributed by atoms with Crippen LogP contribution in [0.15, 0.2) is 0 Å². The van der Waals surface area contributed by atoms with E-state index < -0.39 is 5.97 Å². The fourth-order valence-electron chi connectivity index (χ4n) is 1.86. The second-order valence-corrected chi connectivity index (χ2v) is 4.75. The molecular weight excluding hydrogens is 253 g/mol. The van der Waals surface area contributed by atoms with E-state index in [0.29, 0.717) is 6.42 Å². The van der Waals surface area contributed by atoms with Crippen LogP contribution in [-0.4, -0.2) is 53.1 Å². The van der Waals surface area contributed by atoms with E-state index in [4.69, 9.17) is 5.11 Å². The Bertz CT molecular complexity index is 235. The molecule has 0 aliphatic heterocycles. The summed E-state index contributed by atoms with van der Waals surface area (Å²) in [5.74, 6) is -1.14. The topological polar surface area (TPSA) is 66.4 Å². The SMILES string of the molecule is CCCCCCCCCCCC(=O)NCC(=O)O.[NaH]. The van der Waals surface area contributed by atoms with Gasteiger partial charge in [-0.15, -0.1) is 0 Å². The second kappa shape index (κ2) is 16.0. The molecule has 4 nitrogen and oxygen atoms in total. The standard InChI is InChI=1S/C14H27NO3.Na.H/c1-2-3-4-5-6-7-8-9-10-11-13(16)15-12-14(17)18;;/h2-12H2,1H3,(H,15,16)(H,17,18);;. The van der Waals surface area contributed by atoms with Gasteiger partial charge in [0.25, 0.3) is 0 Å². The molecule has 5 heteroatoms. The van der Waals surface area contributed by atoms with Crippen LogP contribution in [-0.2, 0) is 9.59 Å². The number of amides is 1. The summed E-state index contributed by atoms with van der Waals surface area (Å²) in [4.78, 5) is 21.4. The van der Waals surface area contributed by atoms with E-state index in [-0.39, 0.29) is 42.0 Å². The number of nitrogens with one attached hydrogen (secondary N) is 1. The average molecular weight is 281 g/mol. The van der Waals surface area contributed by atoms with E-state index in [9.17, 15) is 9.59 Å². The Morgan fingerprint density at radius 3 is 1.84 bits per heavy atom. The van der Waals surface area contributed by atoms with Gasteiger partial charge in [0.05, 0.1) is 0 Å². The number of hydrogen-bond acceptors (Lipinski definition) is 2. The zero-order valence-electron chi connectivity index (χ0n) is 11.5. The molecule has 1 amide bonds. The Morgan fingerprint density at radius 2 is 1.37 bits per heavy atom. The van der Waals surface area contributed by atoms with Crippen molar-refractivity contribution in [2.45, 2.75) is 71.1 Å². The van der Waals surface area contributed by atoms with Gasteiger partial charge in [0.2, 0.25) is 5.91 Å². The molecule has 0 aromatic heterocycles. The van der Waals surface area contributed by atoms with Gasteiger partial charge in [0.15, 0.2) is 0 Å². The molecule has 0 aromatic rings. The van der Waals surface area contributed by atoms with Crippen molar-refractivity contribution in [3.8, 4) is 0 Å². The number of aliphatic carboxylic acids is 1. The molecular formula is C14H28NNaO3. The van der Waals surface area contributed by atoms with Crippen molar-refractivity contribution in [2.75, 3.05) is 6.54 Å². The third-order valence-electron chi connectivity index (χ3n) is 2.94. The first-order valence-corrected chi connectivity index (χ1v) is 7.15. The van der Waals surface area contributed by atoms with Crippen molar-refractivity contribution < 1.29 is 14.7 Å². The molecule has 0 fully saturated rings. The molecule has 0 radical (unpaired) electrons. The maximum atomic E-state index is 11.2. The number of carbonyl (C=O) groups is 2. The van der Waals surface area contributed by atoms with Crippen LogP contribution in [0.4, 0.5) is 0 Å². The van der Waals surface area contributed by atoms with Crippen molar-refractivity contribution in [1.29, 1.82) is 0 Å². The van der Waals surface area contributed by atoms with Crippen LogP contribution in [0.3, 0.4) is 0 Å². The van der Waals surface area contributed by atoms with Crippen LogP contribution in [0.2, 0.25) is 0 Å². The summed E-state index contributed by atoms with van der Waals surface area (Å²) in [6.07, 6.45) is 11.4. The van der Waals surface area contributed by atoms with Crippen LogP contribution in [0.25, 0.3) is 0 Å². The average Bonchev–Trinajstić information content (AvgIpc) is 2.34. The Morgan fingerprint density at radius 1 is 0.895 bits per heavy atom. The zero-order valence-corrected chi connectivity index (χ0v) is 11.5. The summed E-state index contributed by atoms with van der Waals surface area (Å²) >= 11 is 0. The van der Waals surface area contributed by atoms with Gasteiger partial charge < -0.3 is 10.4 Å². The van der Waals surface area contributed by atoms with E-state index in [1.807, 2.05) is 0 Å². The molecule has 0 aliphatic rings. The van der Waals surface area contributed by atoms with E-state index in [1.54, 1.807) is 0 Å². The Hall–Kier alpha value is -0.0600. The van der Waals surface area contributed by atoms with Crippen LogP contribution in [0.5, 0.6) is 0 Å². The van der Waals surface area contributed by atoms with E-state index in [0.717, 1.165) is 12.8 Å². The van der Waals surface area contributed by atoms with E-state index in [2.05, 4.69) is 12.2 Å². The van der Waals surface area contributed by atoms with Crippen molar-refractivity contribution in [2.24, 2.45) is 0 Å². The van der Waals surface area contributed by atoms with Crippen LogP contribution < -0.4 is 5.32 Å². The maximum absolute atomic E-state index is 11.2. The van der Waals surface area contributed by atoms with Crippen molar-refractivity contribution in [1.82, 2.24) is 5.32 Å². The van der Waals surface area contributed by atoms with Crippen molar-refractivity contribution >= 4 is 41.4 Å². The molecule has 2 N–H and O–H groups in total. The summed E-state index contributed by atoms with van der Waals surface area (Å²) in [7, 11) is 0. The first-order chi connectivity index (χ1) is 8.66. The van der Waals surface area contributed by atoms with E-state index in [1.165, 1.54) is 44.9 Å². The number of hydrogen-bond donors (Lipinski definition) is 2. The normalized spacial score (nSPS) is 9.74. The number of rotatable bonds is 12. The Balaban J connectivity index is 0. The minimum absolute atomic E-state index is 0. The van der Waals surface area contributed by atoms with E-state index >= 15 is 0 Å². The number of carboxylic acid groups (broad SMARTS) is 1. The van der Waals surface area contributed by atoms with Gasteiger partial charge in [-0.25, -0.2) is 0 Å². The molecule has 0 rings (SSSR count). The molecule has 19 heavy (non-hydrogen) atoms. The molecule has 0 atom stereocenters. The molecule has 0 bridgehead atoms. The zero-order chi connectivity index (χ0) is 13.6. The molecule has 108 valence electrons. The van der Waals surface area contributed by atoms with Gasteiger partial charge in [0.1, 0.15) is 6.54 Å². The fourth-order valence-corrected chi connectivity index (χ4v) is 1.86. The molecule has 0 saturated carbocycles. The van der Waals surface area contributed by atoms with Gasteiger partial charge in [-0.05, 0) is 6.42 Å². The molecule has 0 aliphatic carbocycles. The van der Waals surface area contributed by atoms with Gasteiger partial charge in [-0.3, -0.25) is 9.59 Å². The van der Waals surface area contributed by atoms with Gasteiger partial charge in [-0.2, -0.15) is 0 Å². The predicted octanol–water partition coefficient (Wildman–Crippen LogP) is 2.46. The third-order valence-corrected chi connectivity index (χ3v) is 2.94. The van der Waals surface area contributed by atoms with Crippen LogP contribution in [0.1, 0.15) is 71.1 Å². The van der Waals surface area contributed by atoms with Crippen molar-refractivity contribution in [3.05, 3.63) is 0 Å². The van der Waals surface area contributed by atoms with Crippen LogP contribution in [0, 0.1) is 0 Å². The summed E-state index contributed by atoms with van der Waals surface area (Å²) in [6.45, 7) is 1.95. The molecule has 0 heterocycles. The summed E-state index contributed by atoms with van der Waals surface area (Å²) in [5, 5.41) is 10.7. The van der Waals surface area contributed by atoms with Gasteiger partial charge in [-0.1, -0.05) is 58.3 Å². The summed E-state index contributed by atoms with van der Waals surface area (Å²) in [5.41, 5.74) is 0. The van der Waals surface area contributed by atoms with Gasteiger partial charge in [0, 0.05) is 6.42 Å². The molecule has 0 unspecified atom stereocenters. The third kappa shape index (κ3) is 17.9. The number of carboxylic acids is 1. The second-order valence-electron chi connectivity index (χ2n) is 4.75. The Kier molecular flexibility index (Phi) is 17.9. The van der Waals surface area contributed by atoms with Crippen molar-refractivity contribution in [3.63, 3.8) is 0 Å². The van der Waals surface area contributed by atoms with Gasteiger partial charge >= 0.3 is 35.5 Å². The number of carbonyl (C=O) groups excluding carboxylic acids is 1. The quantitative estimate of drug-likeness (QED) is 0.426. The number of unbranched alkanes of at least 4 members (excludes halogenated alkanes) is 8. The van der Waals surface area contributed by atoms with Crippen LogP contribution >= 0.6 is 0 Å². The fraction of sp³-hybridized carbons (Fsp3) is 0.857. The molecule has 0 spiro atoms.